The molecule has 3 aromatic rings. The number of aromatic nitrogens is 4. The van der Waals surface area contributed by atoms with E-state index >= 15 is 0 Å². The summed E-state index contributed by atoms with van der Waals surface area (Å²) in [5.41, 5.74) is 8.72. The average Bonchev–Trinajstić information content (AvgIpc) is 3.04. The van der Waals surface area contributed by atoms with Crippen LogP contribution in [0.5, 0.6) is 0 Å². The molecule has 1 fully saturated rings. The Balaban J connectivity index is 1.83. The third-order valence-electron chi connectivity index (χ3n) is 4.69. The Morgan fingerprint density at radius 3 is 2.88 bits per heavy atom. The highest BCUT2D eigenvalue weighted by molar-refractivity contribution is 5.98. The van der Waals surface area contributed by atoms with E-state index in [4.69, 9.17) is 16.1 Å². The molecule has 7 nitrogen and oxygen atoms in total. The van der Waals surface area contributed by atoms with Gasteiger partial charge in [0.15, 0.2) is 5.65 Å². The number of likely N-dealkylation sites (tertiary alicyclic amines) is 1. The molecule has 0 amide bonds. The van der Waals surface area contributed by atoms with Gasteiger partial charge in [0.1, 0.15) is 17.8 Å². The summed E-state index contributed by atoms with van der Waals surface area (Å²) in [6.45, 7) is 2.19. The van der Waals surface area contributed by atoms with Gasteiger partial charge in [-0.3, -0.25) is 4.90 Å². The van der Waals surface area contributed by atoms with Crippen LogP contribution < -0.4 is 5.73 Å². The normalized spacial score (nSPS) is 18.3. The number of nitrogen functional groups attached to an aromatic ring is 1. The molecule has 25 heavy (non-hydrogen) atoms. The molecule has 1 aromatic carbocycles. The molecule has 7 heteroatoms. The monoisotopic (exact) mass is 333 g/mol. The second kappa shape index (κ2) is 6.49. The first-order valence-electron chi connectivity index (χ1n) is 8.41. The molecule has 0 bridgehead atoms. The molecule has 4 rings (SSSR count). The molecular weight excluding hydrogens is 314 g/mol. The van der Waals surface area contributed by atoms with Crippen LogP contribution in [-0.2, 0) is 0 Å². The summed E-state index contributed by atoms with van der Waals surface area (Å²) >= 11 is 0. The molecule has 126 valence electrons. The molecule has 0 radical (unpaired) electrons. The van der Waals surface area contributed by atoms with Gasteiger partial charge in [0.25, 0.3) is 0 Å². The highest BCUT2D eigenvalue weighted by Gasteiger charge is 2.26. The number of fused-ring (bicyclic) bond motifs is 1. The van der Waals surface area contributed by atoms with Gasteiger partial charge in [0.05, 0.1) is 24.0 Å². The van der Waals surface area contributed by atoms with E-state index in [9.17, 15) is 0 Å². The van der Waals surface area contributed by atoms with Crippen LogP contribution in [0.25, 0.3) is 22.3 Å². The van der Waals surface area contributed by atoms with Crippen LogP contribution in [0.2, 0.25) is 0 Å². The van der Waals surface area contributed by atoms with Crippen molar-refractivity contribution in [3.63, 3.8) is 0 Å². The number of benzene rings is 1. The van der Waals surface area contributed by atoms with E-state index < -0.39 is 0 Å². The van der Waals surface area contributed by atoms with E-state index in [0.29, 0.717) is 12.4 Å². The molecule has 1 saturated heterocycles. The van der Waals surface area contributed by atoms with Crippen molar-refractivity contribution in [1.82, 2.24) is 24.6 Å². The molecule has 2 N–H and O–H groups in total. The number of nitrogens with two attached hydrogens (primary N) is 1. The largest absolute Gasteiger partial charge is 0.383 e. The Hall–Kier alpha value is -2.98. The minimum absolute atomic E-state index is 0.177. The Bertz CT molecular complexity index is 926. The fraction of sp³-hybridized carbons (Fsp3) is 0.333. The van der Waals surface area contributed by atoms with Crippen LogP contribution in [0.4, 0.5) is 5.82 Å². The first-order valence-corrected chi connectivity index (χ1v) is 8.41. The van der Waals surface area contributed by atoms with Crippen LogP contribution in [0, 0.1) is 11.3 Å². The summed E-state index contributed by atoms with van der Waals surface area (Å²) in [6.07, 6.45) is 3.53. The van der Waals surface area contributed by atoms with E-state index in [0.717, 1.165) is 48.2 Å². The predicted molar refractivity (Wildman–Crippen MR) is 95.5 cm³/mol. The first kappa shape index (κ1) is 15.5. The smallest absolute Gasteiger partial charge is 0.164 e. The third-order valence-corrected chi connectivity index (χ3v) is 4.69. The summed E-state index contributed by atoms with van der Waals surface area (Å²) in [7, 11) is 0. The number of hydrogen-bond donors (Lipinski definition) is 1. The van der Waals surface area contributed by atoms with Crippen molar-refractivity contribution in [3.8, 4) is 17.3 Å². The highest BCUT2D eigenvalue weighted by Crippen LogP contribution is 2.33. The summed E-state index contributed by atoms with van der Waals surface area (Å²) < 4.78 is 1.97. The Morgan fingerprint density at radius 1 is 1.24 bits per heavy atom. The molecule has 2 aromatic heterocycles. The van der Waals surface area contributed by atoms with E-state index in [2.05, 4.69) is 20.9 Å². The number of nitrogens with zero attached hydrogens (tertiary/aromatic N) is 6. The standard InChI is InChI=1S/C18H19N7/c19-8-10-24-9-4-7-14(11-24)25-18-15(17(20)21-12-22-18)16(23-25)13-5-2-1-3-6-13/h1-3,5-6,12,14H,4,7,9-11H2,(H2,20,21,22)/t14-/m1/s1. The molecule has 1 atom stereocenters. The number of anilines is 1. The van der Waals surface area contributed by atoms with Crippen molar-refractivity contribution in [1.29, 1.82) is 5.26 Å². The fourth-order valence-corrected chi connectivity index (χ4v) is 3.52. The zero-order chi connectivity index (χ0) is 17.2. The maximum atomic E-state index is 8.99. The molecular formula is C18H19N7. The maximum absolute atomic E-state index is 8.99. The molecule has 1 aliphatic heterocycles. The van der Waals surface area contributed by atoms with Crippen LogP contribution in [0.3, 0.4) is 0 Å². The number of nitriles is 1. The summed E-state index contributed by atoms with van der Waals surface area (Å²) in [5.74, 6) is 0.444. The van der Waals surface area contributed by atoms with Crippen molar-refractivity contribution >= 4 is 16.9 Å². The molecule has 3 heterocycles. The van der Waals surface area contributed by atoms with Crippen molar-refractivity contribution in [2.45, 2.75) is 18.9 Å². The van der Waals surface area contributed by atoms with Gasteiger partial charge in [-0.15, -0.1) is 0 Å². The van der Waals surface area contributed by atoms with Crippen LogP contribution >= 0.6 is 0 Å². The maximum Gasteiger partial charge on any atom is 0.164 e. The molecule has 0 saturated carbocycles. The predicted octanol–water partition coefficient (Wildman–Crippen LogP) is 2.24. The Kier molecular flexibility index (Phi) is 4.04. The lowest BCUT2D eigenvalue weighted by atomic mass is 10.1. The number of piperidine rings is 1. The minimum atomic E-state index is 0.177. The minimum Gasteiger partial charge on any atom is -0.383 e. The summed E-state index contributed by atoms with van der Waals surface area (Å²) in [4.78, 5) is 10.8. The second-order valence-electron chi connectivity index (χ2n) is 6.31. The molecule has 0 spiro atoms. The van der Waals surface area contributed by atoms with E-state index in [1.54, 1.807) is 0 Å². The van der Waals surface area contributed by atoms with Crippen molar-refractivity contribution in [2.24, 2.45) is 0 Å². The Labute approximate surface area is 145 Å². The van der Waals surface area contributed by atoms with E-state index in [1.807, 2.05) is 35.0 Å². The van der Waals surface area contributed by atoms with Crippen LogP contribution in [0.15, 0.2) is 36.7 Å². The Morgan fingerprint density at radius 2 is 2.08 bits per heavy atom. The lowest BCUT2D eigenvalue weighted by molar-refractivity contribution is 0.189. The topological polar surface area (TPSA) is 96.7 Å². The van der Waals surface area contributed by atoms with Crippen molar-refractivity contribution < 1.29 is 0 Å². The number of hydrogen-bond acceptors (Lipinski definition) is 6. The first-order chi connectivity index (χ1) is 12.3. The highest BCUT2D eigenvalue weighted by atomic mass is 15.3. The number of rotatable bonds is 3. The fourth-order valence-electron chi connectivity index (χ4n) is 3.52. The van der Waals surface area contributed by atoms with E-state index in [1.165, 1.54) is 6.33 Å². The van der Waals surface area contributed by atoms with Gasteiger partial charge >= 0.3 is 0 Å². The zero-order valence-electron chi connectivity index (χ0n) is 13.8. The van der Waals surface area contributed by atoms with Gasteiger partial charge in [0.2, 0.25) is 0 Å². The van der Waals surface area contributed by atoms with Gasteiger partial charge in [-0.2, -0.15) is 10.4 Å². The second-order valence-corrected chi connectivity index (χ2v) is 6.31. The molecule has 0 aliphatic carbocycles. The molecule has 1 aliphatic rings. The van der Waals surface area contributed by atoms with Gasteiger partial charge in [-0.25, -0.2) is 14.6 Å². The van der Waals surface area contributed by atoms with Crippen molar-refractivity contribution in [2.75, 3.05) is 25.4 Å². The van der Waals surface area contributed by atoms with Crippen LogP contribution in [0.1, 0.15) is 18.9 Å². The summed E-state index contributed by atoms with van der Waals surface area (Å²) in [5, 5.41) is 14.6. The van der Waals surface area contributed by atoms with Gasteiger partial charge in [0, 0.05) is 12.1 Å². The van der Waals surface area contributed by atoms with Crippen molar-refractivity contribution in [3.05, 3.63) is 36.7 Å². The van der Waals surface area contributed by atoms with Gasteiger partial charge in [-0.1, -0.05) is 30.3 Å². The quantitative estimate of drug-likeness (QED) is 0.738. The van der Waals surface area contributed by atoms with E-state index in [-0.39, 0.29) is 6.04 Å². The van der Waals surface area contributed by atoms with Gasteiger partial charge in [-0.05, 0) is 19.4 Å². The van der Waals surface area contributed by atoms with Crippen LogP contribution in [-0.4, -0.2) is 44.3 Å². The molecule has 0 unspecified atom stereocenters. The lowest BCUT2D eigenvalue weighted by Gasteiger charge is -2.31. The SMILES string of the molecule is N#CCN1CCC[C@@H](n2nc(-c3ccccc3)c3c(N)ncnc32)C1. The zero-order valence-corrected chi connectivity index (χ0v) is 13.8. The summed E-state index contributed by atoms with van der Waals surface area (Å²) in [6, 6.07) is 12.4. The average molecular weight is 333 g/mol. The lowest BCUT2D eigenvalue weighted by Crippen LogP contribution is -2.37. The van der Waals surface area contributed by atoms with Gasteiger partial charge < -0.3 is 5.73 Å². The third kappa shape index (κ3) is 2.81.